The van der Waals surface area contributed by atoms with Crippen LogP contribution in [0, 0.1) is 0 Å². The molecule has 3 aromatic rings. The van der Waals surface area contributed by atoms with Crippen molar-refractivity contribution in [3.8, 4) is 0 Å². The number of fused-ring (bicyclic) bond motifs is 2. The van der Waals surface area contributed by atoms with Gasteiger partial charge in [0.05, 0.1) is 16.9 Å². The molecule has 0 unspecified atom stereocenters. The lowest BCUT2D eigenvalue weighted by Crippen LogP contribution is -2.25. The van der Waals surface area contributed by atoms with Gasteiger partial charge in [0.2, 0.25) is 5.91 Å². The summed E-state index contributed by atoms with van der Waals surface area (Å²) in [7, 11) is 0. The van der Waals surface area contributed by atoms with Crippen LogP contribution in [0.25, 0.3) is 10.8 Å². The number of Topliss-reactive ketones (excluding diaryl/α,β-unsaturated/α-hetero) is 1. The van der Waals surface area contributed by atoms with Crippen LogP contribution >= 0.6 is 0 Å². The summed E-state index contributed by atoms with van der Waals surface area (Å²) in [4.78, 5) is 37.8. The monoisotopic (exact) mass is 316 g/mol. The molecular weight excluding hydrogens is 304 g/mol. The normalized spacial score (nSPS) is 13.4. The van der Waals surface area contributed by atoms with Crippen molar-refractivity contribution in [3.63, 3.8) is 0 Å². The average Bonchev–Trinajstić information content (AvgIpc) is 2.85. The molecular formula is C19H12N2O3. The second kappa shape index (κ2) is 5.03. The Morgan fingerprint density at radius 3 is 2.25 bits per heavy atom. The van der Waals surface area contributed by atoms with Crippen molar-refractivity contribution in [2.75, 3.05) is 4.90 Å². The minimum Gasteiger partial charge on any atom is -0.366 e. The topological polar surface area (TPSA) is 80.5 Å². The molecule has 2 amide bonds. The molecule has 0 atom stereocenters. The van der Waals surface area contributed by atoms with E-state index in [4.69, 9.17) is 5.73 Å². The van der Waals surface area contributed by atoms with Crippen molar-refractivity contribution in [2.45, 2.75) is 0 Å². The Labute approximate surface area is 137 Å². The number of carbonyl (C=O) groups is 3. The molecule has 0 spiro atoms. The van der Waals surface area contributed by atoms with Gasteiger partial charge >= 0.3 is 5.91 Å². The molecule has 1 aliphatic heterocycles. The third-order valence-corrected chi connectivity index (χ3v) is 4.19. The molecule has 24 heavy (non-hydrogen) atoms. The summed E-state index contributed by atoms with van der Waals surface area (Å²) in [6.45, 7) is 0. The first-order chi connectivity index (χ1) is 11.6. The Hall–Kier alpha value is -3.47. The van der Waals surface area contributed by atoms with E-state index in [9.17, 15) is 14.4 Å². The summed E-state index contributed by atoms with van der Waals surface area (Å²) in [5.41, 5.74) is 7.29. The first kappa shape index (κ1) is 14.1. The van der Waals surface area contributed by atoms with E-state index in [1.807, 2.05) is 0 Å². The number of primary amides is 1. The van der Waals surface area contributed by atoms with E-state index in [1.54, 1.807) is 60.7 Å². The number of amides is 2. The van der Waals surface area contributed by atoms with Crippen molar-refractivity contribution in [1.29, 1.82) is 0 Å². The second-order valence-electron chi connectivity index (χ2n) is 5.53. The number of ketones is 1. The number of nitrogens with zero attached hydrogens (tertiary/aromatic N) is 1. The van der Waals surface area contributed by atoms with Crippen LogP contribution in [0.2, 0.25) is 0 Å². The first-order valence-electron chi connectivity index (χ1n) is 7.39. The Morgan fingerprint density at radius 2 is 1.46 bits per heavy atom. The van der Waals surface area contributed by atoms with Gasteiger partial charge in [-0.3, -0.25) is 19.3 Å². The van der Waals surface area contributed by atoms with E-state index < -0.39 is 17.6 Å². The molecule has 1 aliphatic rings. The van der Waals surface area contributed by atoms with Crippen molar-refractivity contribution in [1.82, 2.24) is 0 Å². The molecule has 5 nitrogen and oxygen atoms in total. The number of para-hydroxylation sites is 1. The van der Waals surface area contributed by atoms with Crippen molar-refractivity contribution >= 4 is 39.7 Å². The van der Waals surface area contributed by atoms with Crippen LogP contribution in [0.5, 0.6) is 0 Å². The van der Waals surface area contributed by atoms with Gasteiger partial charge in [0.15, 0.2) is 0 Å². The SMILES string of the molecule is NC(=O)c1cccc2c(N3C(=O)C(=O)c4ccccc43)cccc12. The third kappa shape index (κ3) is 1.85. The van der Waals surface area contributed by atoms with Gasteiger partial charge < -0.3 is 5.73 Å². The minimum atomic E-state index is -0.604. The van der Waals surface area contributed by atoms with Gasteiger partial charge in [-0.15, -0.1) is 0 Å². The fourth-order valence-electron chi connectivity index (χ4n) is 3.13. The molecule has 116 valence electrons. The van der Waals surface area contributed by atoms with Crippen LogP contribution in [0.1, 0.15) is 20.7 Å². The number of hydrogen-bond donors (Lipinski definition) is 1. The van der Waals surface area contributed by atoms with Gasteiger partial charge in [-0.2, -0.15) is 0 Å². The van der Waals surface area contributed by atoms with E-state index in [1.165, 1.54) is 4.90 Å². The molecule has 0 aliphatic carbocycles. The lowest BCUT2D eigenvalue weighted by molar-refractivity contribution is -0.113. The molecule has 2 N–H and O–H groups in total. The number of anilines is 2. The molecule has 0 fully saturated rings. The maximum atomic E-state index is 12.5. The summed E-state index contributed by atoms with van der Waals surface area (Å²) >= 11 is 0. The smallest absolute Gasteiger partial charge is 0.304 e. The maximum Gasteiger partial charge on any atom is 0.304 e. The summed E-state index contributed by atoms with van der Waals surface area (Å²) in [5.74, 6) is -1.68. The molecule has 0 aromatic heterocycles. The highest BCUT2D eigenvalue weighted by Gasteiger charge is 2.37. The average molecular weight is 316 g/mol. The van der Waals surface area contributed by atoms with Gasteiger partial charge in [-0.1, -0.05) is 36.4 Å². The first-order valence-corrected chi connectivity index (χ1v) is 7.39. The fourth-order valence-corrected chi connectivity index (χ4v) is 3.13. The molecule has 3 aromatic carbocycles. The molecule has 4 rings (SSSR count). The Balaban J connectivity index is 2.02. The Kier molecular flexibility index (Phi) is 2.96. The van der Waals surface area contributed by atoms with Crippen LogP contribution in [-0.4, -0.2) is 17.6 Å². The quantitative estimate of drug-likeness (QED) is 0.738. The lowest BCUT2D eigenvalue weighted by Gasteiger charge is -2.19. The highest BCUT2D eigenvalue weighted by Crippen LogP contribution is 2.39. The van der Waals surface area contributed by atoms with Gasteiger partial charge in [0, 0.05) is 10.9 Å². The summed E-state index contributed by atoms with van der Waals surface area (Å²) < 4.78 is 0. The molecule has 0 saturated heterocycles. The zero-order valence-corrected chi connectivity index (χ0v) is 12.5. The van der Waals surface area contributed by atoms with Crippen molar-refractivity contribution in [3.05, 3.63) is 71.8 Å². The Morgan fingerprint density at radius 1 is 0.792 bits per heavy atom. The summed E-state index contributed by atoms with van der Waals surface area (Å²) in [6, 6.07) is 17.3. The standard InChI is InChI=1S/C19H12N2O3/c20-18(23)13-8-3-7-12-11(13)6-4-10-15(12)21-16-9-2-1-5-14(16)17(22)19(21)24/h1-10H,(H2,20,23). The van der Waals surface area contributed by atoms with E-state index in [0.717, 1.165) is 0 Å². The molecule has 0 radical (unpaired) electrons. The summed E-state index contributed by atoms with van der Waals surface area (Å²) in [6.07, 6.45) is 0. The number of hydrogen-bond acceptors (Lipinski definition) is 3. The van der Waals surface area contributed by atoms with Crippen LogP contribution < -0.4 is 10.6 Å². The number of carbonyl (C=O) groups excluding carboxylic acids is 3. The van der Waals surface area contributed by atoms with E-state index in [2.05, 4.69) is 0 Å². The second-order valence-corrected chi connectivity index (χ2v) is 5.53. The van der Waals surface area contributed by atoms with E-state index in [-0.39, 0.29) is 0 Å². The molecule has 1 heterocycles. The molecule has 0 saturated carbocycles. The van der Waals surface area contributed by atoms with Crippen LogP contribution in [0.15, 0.2) is 60.7 Å². The fraction of sp³-hybridized carbons (Fsp3) is 0. The third-order valence-electron chi connectivity index (χ3n) is 4.19. The maximum absolute atomic E-state index is 12.5. The number of benzene rings is 3. The summed E-state index contributed by atoms with van der Waals surface area (Å²) in [5, 5.41) is 1.33. The van der Waals surface area contributed by atoms with Gasteiger partial charge in [-0.25, -0.2) is 0 Å². The predicted octanol–water partition coefficient (Wildman–Crippen LogP) is 2.80. The molecule has 5 heteroatoms. The lowest BCUT2D eigenvalue weighted by atomic mass is 10.0. The van der Waals surface area contributed by atoms with E-state index in [0.29, 0.717) is 33.3 Å². The molecule has 0 bridgehead atoms. The highest BCUT2D eigenvalue weighted by molar-refractivity contribution is 6.54. The Bertz CT molecular complexity index is 1040. The number of nitrogens with two attached hydrogens (primary N) is 1. The van der Waals surface area contributed by atoms with Gasteiger partial charge in [-0.05, 0) is 29.7 Å². The zero-order chi connectivity index (χ0) is 16.8. The highest BCUT2D eigenvalue weighted by atomic mass is 16.2. The van der Waals surface area contributed by atoms with Crippen molar-refractivity contribution in [2.24, 2.45) is 5.73 Å². The van der Waals surface area contributed by atoms with Crippen molar-refractivity contribution < 1.29 is 14.4 Å². The van der Waals surface area contributed by atoms with E-state index >= 15 is 0 Å². The number of rotatable bonds is 2. The van der Waals surface area contributed by atoms with Gasteiger partial charge in [0.25, 0.3) is 5.78 Å². The van der Waals surface area contributed by atoms with Crippen LogP contribution in [0.3, 0.4) is 0 Å². The predicted molar refractivity (Wildman–Crippen MR) is 90.4 cm³/mol. The largest absolute Gasteiger partial charge is 0.366 e. The minimum absolute atomic E-state index is 0.376. The zero-order valence-electron chi connectivity index (χ0n) is 12.5. The van der Waals surface area contributed by atoms with Crippen LogP contribution in [0.4, 0.5) is 11.4 Å². The van der Waals surface area contributed by atoms with Gasteiger partial charge in [0.1, 0.15) is 0 Å². The van der Waals surface area contributed by atoms with Crippen LogP contribution in [-0.2, 0) is 4.79 Å².